The van der Waals surface area contributed by atoms with Crippen molar-refractivity contribution >= 4 is 24.2 Å². The minimum atomic E-state index is -0.0360. The van der Waals surface area contributed by atoms with E-state index in [4.69, 9.17) is 10.1 Å². The first-order chi connectivity index (χ1) is 15.2. The summed E-state index contributed by atoms with van der Waals surface area (Å²) in [5, 5.41) is 20.1. The van der Waals surface area contributed by atoms with Gasteiger partial charge >= 0.3 is 0 Å². The van der Waals surface area contributed by atoms with Crippen molar-refractivity contribution in [3.63, 3.8) is 0 Å². The number of carbonyl (C=O) groups excluding carboxylic acids is 1. The molecule has 0 aliphatic carbocycles. The fraction of sp³-hybridized carbons (Fsp3) is 0.292. The van der Waals surface area contributed by atoms with E-state index in [0.29, 0.717) is 25.2 Å². The number of carbonyl (C=O) groups is 1. The van der Waals surface area contributed by atoms with Crippen molar-refractivity contribution in [2.45, 2.75) is 12.8 Å². The van der Waals surface area contributed by atoms with Gasteiger partial charge in [0.25, 0.3) is 0 Å². The lowest BCUT2D eigenvalue weighted by molar-refractivity contribution is -0.126. The second kappa shape index (κ2) is 11.8. The number of nitrogens with one attached hydrogen (secondary N) is 2. The minimum Gasteiger partial charge on any atom is -0.508 e. The van der Waals surface area contributed by atoms with Crippen molar-refractivity contribution in [2.24, 2.45) is 4.99 Å². The van der Waals surface area contributed by atoms with E-state index in [9.17, 15) is 9.90 Å². The van der Waals surface area contributed by atoms with E-state index in [0.717, 1.165) is 49.3 Å². The number of benzene rings is 2. The summed E-state index contributed by atoms with van der Waals surface area (Å²) in [4.78, 5) is 18.4. The predicted octanol–water partition coefficient (Wildman–Crippen LogP) is 2.86. The molecular formula is C24H28N4O3. The monoisotopic (exact) mass is 420 g/mol. The number of hydrogen-bond acceptors (Lipinski definition) is 5. The van der Waals surface area contributed by atoms with Crippen LogP contribution in [0.5, 0.6) is 5.75 Å². The second-order valence-corrected chi connectivity index (χ2v) is 7.17. The molecule has 0 bridgehead atoms. The zero-order chi connectivity index (χ0) is 21.9. The SMILES string of the molecule is C1COCCN1.N=CN=C1/C(=C/c2cccc(O)c2)CCN1C(=O)Cc1ccccc1. The Morgan fingerprint density at radius 3 is 2.55 bits per heavy atom. The highest BCUT2D eigenvalue weighted by Crippen LogP contribution is 2.24. The van der Waals surface area contributed by atoms with E-state index in [1.165, 1.54) is 0 Å². The van der Waals surface area contributed by atoms with E-state index in [2.05, 4.69) is 10.3 Å². The molecule has 3 N–H and O–H groups in total. The van der Waals surface area contributed by atoms with Gasteiger partial charge in [0, 0.05) is 19.6 Å². The molecular weight excluding hydrogens is 392 g/mol. The predicted molar refractivity (Wildman–Crippen MR) is 122 cm³/mol. The van der Waals surface area contributed by atoms with Crippen LogP contribution in [0.1, 0.15) is 17.5 Å². The molecule has 7 nitrogen and oxygen atoms in total. The number of amides is 1. The van der Waals surface area contributed by atoms with E-state index in [1.54, 1.807) is 23.1 Å². The van der Waals surface area contributed by atoms with Gasteiger partial charge in [0.15, 0.2) is 0 Å². The first kappa shape index (κ1) is 22.4. The Hall–Kier alpha value is -3.29. The summed E-state index contributed by atoms with van der Waals surface area (Å²) in [6.07, 6.45) is 3.83. The van der Waals surface area contributed by atoms with Crippen molar-refractivity contribution in [2.75, 3.05) is 32.8 Å². The van der Waals surface area contributed by atoms with Crippen LogP contribution in [0, 0.1) is 5.41 Å². The number of amidine groups is 1. The van der Waals surface area contributed by atoms with Gasteiger partial charge in [-0.2, -0.15) is 0 Å². The number of morpholine rings is 1. The van der Waals surface area contributed by atoms with Crippen molar-refractivity contribution in [1.29, 1.82) is 5.41 Å². The van der Waals surface area contributed by atoms with Crippen molar-refractivity contribution in [1.82, 2.24) is 10.2 Å². The summed E-state index contributed by atoms with van der Waals surface area (Å²) in [6.45, 7) is 4.38. The van der Waals surface area contributed by atoms with Gasteiger partial charge in [-0.05, 0) is 41.3 Å². The molecule has 0 radical (unpaired) electrons. The molecule has 2 aromatic rings. The second-order valence-electron chi connectivity index (χ2n) is 7.17. The molecule has 4 rings (SSSR count). The van der Waals surface area contributed by atoms with Crippen LogP contribution < -0.4 is 5.32 Å². The third-order valence-corrected chi connectivity index (χ3v) is 4.89. The van der Waals surface area contributed by atoms with Crippen molar-refractivity contribution in [3.05, 3.63) is 71.3 Å². The first-order valence-corrected chi connectivity index (χ1v) is 10.4. The van der Waals surface area contributed by atoms with Crippen LogP contribution >= 0.6 is 0 Å². The van der Waals surface area contributed by atoms with E-state index >= 15 is 0 Å². The highest BCUT2D eigenvalue weighted by molar-refractivity contribution is 6.14. The van der Waals surface area contributed by atoms with E-state index in [1.807, 2.05) is 42.5 Å². The molecule has 2 saturated heterocycles. The summed E-state index contributed by atoms with van der Waals surface area (Å²) in [6, 6.07) is 16.5. The van der Waals surface area contributed by atoms with Crippen molar-refractivity contribution < 1.29 is 14.6 Å². The summed E-state index contributed by atoms with van der Waals surface area (Å²) < 4.78 is 5.01. The van der Waals surface area contributed by atoms with Crippen LogP contribution in [0.3, 0.4) is 0 Å². The average Bonchev–Trinajstić information content (AvgIpc) is 3.19. The Labute approximate surface area is 182 Å². The normalized spacial score (nSPS) is 18.5. The number of aliphatic imine (C=N–C) groups is 1. The third-order valence-electron chi connectivity index (χ3n) is 4.89. The van der Waals surface area contributed by atoms with Crippen LogP contribution in [0.4, 0.5) is 0 Å². The fourth-order valence-electron chi connectivity index (χ4n) is 3.41. The smallest absolute Gasteiger partial charge is 0.232 e. The van der Waals surface area contributed by atoms with E-state index < -0.39 is 0 Å². The zero-order valence-corrected chi connectivity index (χ0v) is 17.5. The van der Waals surface area contributed by atoms with Gasteiger partial charge in [0.2, 0.25) is 5.91 Å². The Bertz CT molecular complexity index is 925. The molecule has 0 atom stereocenters. The molecule has 7 heteroatoms. The van der Waals surface area contributed by atoms with Gasteiger partial charge in [0.1, 0.15) is 17.9 Å². The molecule has 162 valence electrons. The maximum Gasteiger partial charge on any atom is 0.232 e. The topological polar surface area (TPSA) is 98.0 Å². The largest absolute Gasteiger partial charge is 0.508 e. The lowest BCUT2D eigenvalue weighted by Gasteiger charge is -2.16. The summed E-state index contributed by atoms with van der Waals surface area (Å²) in [7, 11) is 0. The number of hydrogen-bond donors (Lipinski definition) is 3. The number of likely N-dealkylation sites (tertiary alicyclic amines) is 1. The minimum absolute atomic E-state index is 0.0360. The summed E-state index contributed by atoms with van der Waals surface area (Å²) in [5.74, 6) is 0.667. The highest BCUT2D eigenvalue weighted by Gasteiger charge is 2.28. The molecule has 0 saturated carbocycles. The van der Waals surface area contributed by atoms with Crippen LogP contribution in [-0.4, -0.2) is 60.9 Å². The van der Waals surface area contributed by atoms with Gasteiger partial charge in [-0.15, -0.1) is 0 Å². The van der Waals surface area contributed by atoms with Gasteiger partial charge < -0.3 is 15.2 Å². The van der Waals surface area contributed by atoms with Crippen LogP contribution in [0.25, 0.3) is 6.08 Å². The van der Waals surface area contributed by atoms with Gasteiger partial charge in [0.05, 0.1) is 19.6 Å². The molecule has 1 amide bonds. The van der Waals surface area contributed by atoms with Crippen molar-refractivity contribution in [3.8, 4) is 5.75 Å². The maximum absolute atomic E-state index is 12.7. The molecule has 2 aliphatic rings. The number of phenols is 1. The van der Waals surface area contributed by atoms with Crippen LogP contribution in [0.15, 0.2) is 65.2 Å². The van der Waals surface area contributed by atoms with Crippen LogP contribution in [-0.2, 0) is 16.0 Å². The van der Waals surface area contributed by atoms with Gasteiger partial charge in [-0.1, -0.05) is 42.5 Å². The Kier molecular flexibility index (Phi) is 8.51. The summed E-state index contributed by atoms with van der Waals surface area (Å²) >= 11 is 0. The molecule has 2 heterocycles. The molecule has 31 heavy (non-hydrogen) atoms. The van der Waals surface area contributed by atoms with E-state index in [-0.39, 0.29) is 11.7 Å². The Morgan fingerprint density at radius 2 is 1.94 bits per heavy atom. The number of rotatable bonds is 4. The number of nitrogens with zero attached hydrogens (tertiary/aromatic N) is 2. The Morgan fingerprint density at radius 1 is 1.16 bits per heavy atom. The van der Waals surface area contributed by atoms with Gasteiger partial charge in [-0.3, -0.25) is 15.1 Å². The Balaban J connectivity index is 0.000000391. The van der Waals surface area contributed by atoms with Crippen LogP contribution in [0.2, 0.25) is 0 Å². The molecule has 2 aliphatic heterocycles. The molecule has 0 unspecified atom stereocenters. The molecule has 2 fully saturated rings. The molecule has 0 spiro atoms. The first-order valence-electron chi connectivity index (χ1n) is 10.4. The fourth-order valence-corrected chi connectivity index (χ4v) is 3.41. The molecule has 0 aromatic heterocycles. The number of ether oxygens (including phenoxy) is 1. The lowest BCUT2D eigenvalue weighted by Crippen LogP contribution is -2.33. The highest BCUT2D eigenvalue weighted by atomic mass is 16.5. The number of aromatic hydroxyl groups is 1. The maximum atomic E-state index is 12.7. The lowest BCUT2D eigenvalue weighted by atomic mass is 10.1. The number of phenolic OH excluding ortho intramolecular Hbond substituents is 1. The quantitative estimate of drug-likeness (QED) is 0.523. The molecule has 2 aromatic carbocycles. The third kappa shape index (κ3) is 6.87. The summed E-state index contributed by atoms with van der Waals surface area (Å²) in [5.41, 5.74) is 2.67. The zero-order valence-electron chi connectivity index (χ0n) is 17.5. The van der Waals surface area contributed by atoms with Gasteiger partial charge in [-0.25, -0.2) is 4.99 Å². The standard InChI is InChI=1S/C20H19N3O2.C4H9NO/c21-14-22-20-17(11-16-7-4-8-18(24)12-16)9-10-23(20)19(25)13-15-5-2-1-3-6-15;1-3-6-4-2-5-1/h1-8,11-12,14,21,24H,9-10,13H2;5H,1-4H2/b17-11+,21-14?,22-20?;. The average molecular weight is 421 g/mol.